The number of allylic oxidation sites excluding steroid dienone is 1. The molecule has 0 spiro atoms. The van der Waals surface area contributed by atoms with Crippen LogP contribution in [0.3, 0.4) is 0 Å². The summed E-state index contributed by atoms with van der Waals surface area (Å²) in [4.78, 5) is 6.68. The molecule has 0 bridgehead atoms. The molecule has 0 aromatic carbocycles. The fraction of sp³-hybridized carbons (Fsp3) is 0.545. The lowest BCUT2D eigenvalue weighted by molar-refractivity contribution is 0.491. The molecule has 1 saturated heterocycles. The molecule has 0 radical (unpaired) electrons. The summed E-state index contributed by atoms with van der Waals surface area (Å²) in [6, 6.07) is 0.365. The molecule has 2 rings (SSSR count). The molecule has 1 aliphatic heterocycles. The Morgan fingerprint density at radius 1 is 1.53 bits per heavy atom. The minimum absolute atomic E-state index is 0.365. The van der Waals surface area contributed by atoms with Gasteiger partial charge in [0, 0.05) is 38.1 Å². The van der Waals surface area contributed by atoms with Crippen LogP contribution < -0.4 is 10.6 Å². The number of hydrogen-bond donors (Lipinski definition) is 1. The Morgan fingerprint density at radius 3 is 2.93 bits per heavy atom. The van der Waals surface area contributed by atoms with Crippen molar-refractivity contribution in [3.8, 4) is 0 Å². The average Bonchev–Trinajstić information content (AvgIpc) is 2.68. The Balaban J connectivity index is 2.08. The van der Waals surface area contributed by atoms with E-state index in [2.05, 4.69) is 21.0 Å². The van der Waals surface area contributed by atoms with E-state index in [1.54, 1.807) is 0 Å². The molecule has 2 N–H and O–H groups in total. The maximum Gasteiger partial charge on any atom is 0.205 e. The summed E-state index contributed by atoms with van der Waals surface area (Å²) in [5, 5.41) is 0. The van der Waals surface area contributed by atoms with Crippen LogP contribution in [0.25, 0.3) is 0 Å². The Morgan fingerprint density at radius 2 is 2.27 bits per heavy atom. The maximum atomic E-state index is 5.88. The molecular weight excluding hydrogens is 188 g/mol. The zero-order valence-electron chi connectivity index (χ0n) is 8.97. The number of anilines is 1. The molecule has 15 heavy (non-hydrogen) atoms. The third kappa shape index (κ3) is 2.21. The van der Waals surface area contributed by atoms with Crippen molar-refractivity contribution in [3.05, 3.63) is 25.0 Å². The van der Waals surface area contributed by atoms with E-state index in [0.29, 0.717) is 6.04 Å². The van der Waals surface area contributed by atoms with Gasteiger partial charge in [0.1, 0.15) is 0 Å². The number of imidazole rings is 1. The van der Waals surface area contributed by atoms with E-state index in [9.17, 15) is 0 Å². The number of aromatic nitrogens is 2. The van der Waals surface area contributed by atoms with Gasteiger partial charge in [0.05, 0.1) is 0 Å². The van der Waals surface area contributed by atoms with Gasteiger partial charge in [-0.2, -0.15) is 0 Å². The van der Waals surface area contributed by atoms with Gasteiger partial charge in [-0.15, -0.1) is 6.58 Å². The van der Waals surface area contributed by atoms with Gasteiger partial charge in [0.25, 0.3) is 0 Å². The predicted molar refractivity (Wildman–Crippen MR) is 61.8 cm³/mol. The lowest BCUT2D eigenvalue weighted by atomic mass is 10.1. The van der Waals surface area contributed by atoms with E-state index in [-0.39, 0.29) is 0 Å². The molecule has 0 unspecified atom stereocenters. The molecule has 2 heterocycles. The van der Waals surface area contributed by atoms with Gasteiger partial charge in [-0.25, -0.2) is 4.98 Å². The number of hydrogen-bond acceptors (Lipinski definition) is 3. The Bertz CT molecular complexity index is 323. The predicted octanol–water partition coefficient (Wildman–Crippen LogP) is 0.997. The summed E-state index contributed by atoms with van der Waals surface area (Å²) in [5.74, 6) is 1.04. The molecule has 0 aliphatic carbocycles. The molecule has 1 aromatic rings. The first-order chi connectivity index (χ1) is 7.31. The molecule has 0 amide bonds. The Hall–Kier alpha value is -1.29. The van der Waals surface area contributed by atoms with Crippen molar-refractivity contribution < 1.29 is 0 Å². The minimum atomic E-state index is 0.365. The van der Waals surface area contributed by atoms with Crippen molar-refractivity contribution in [2.45, 2.75) is 25.4 Å². The van der Waals surface area contributed by atoms with Crippen LogP contribution in [0.4, 0.5) is 5.95 Å². The second-order valence-corrected chi connectivity index (χ2v) is 3.99. The van der Waals surface area contributed by atoms with Crippen molar-refractivity contribution in [2.75, 3.05) is 18.0 Å². The Labute approximate surface area is 90.4 Å². The van der Waals surface area contributed by atoms with E-state index in [4.69, 9.17) is 5.73 Å². The van der Waals surface area contributed by atoms with Crippen LogP contribution in [0.2, 0.25) is 0 Å². The molecule has 1 aromatic heterocycles. The van der Waals surface area contributed by atoms with Gasteiger partial charge in [-0.05, 0) is 12.8 Å². The van der Waals surface area contributed by atoms with Crippen LogP contribution in [0.1, 0.15) is 12.8 Å². The quantitative estimate of drug-likeness (QED) is 0.750. The zero-order valence-corrected chi connectivity index (χ0v) is 8.97. The molecule has 82 valence electrons. The minimum Gasteiger partial charge on any atom is -0.342 e. The third-order valence-corrected chi connectivity index (χ3v) is 2.84. The van der Waals surface area contributed by atoms with Crippen LogP contribution in [0.5, 0.6) is 0 Å². The van der Waals surface area contributed by atoms with Crippen LogP contribution in [-0.4, -0.2) is 28.7 Å². The standard InChI is InChI=1S/C11H18N4/c1-2-6-14-9-5-13-11(14)15-7-3-10(12)4-8-15/h2,5,9-10H,1,3-4,6-8,12H2. The summed E-state index contributed by atoms with van der Waals surface area (Å²) in [5.41, 5.74) is 5.88. The van der Waals surface area contributed by atoms with Gasteiger partial charge in [-0.3, -0.25) is 0 Å². The fourth-order valence-electron chi connectivity index (χ4n) is 1.97. The van der Waals surface area contributed by atoms with E-state index in [1.807, 2.05) is 18.5 Å². The van der Waals surface area contributed by atoms with Gasteiger partial charge >= 0.3 is 0 Å². The highest BCUT2D eigenvalue weighted by Crippen LogP contribution is 2.17. The van der Waals surface area contributed by atoms with E-state index >= 15 is 0 Å². The Kier molecular flexibility index (Phi) is 3.06. The van der Waals surface area contributed by atoms with E-state index < -0.39 is 0 Å². The SMILES string of the molecule is C=CCn1ccnc1N1CCC(N)CC1. The first-order valence-electron chi connectivity index (χ1n) is 5.44. The lowest BCUT2D eigenvalue weighted by Gasteiger charge is -2.31. The monoisotopic (exact) mass is 206 g/mol. The number of piperidine rings is 1. The first-order valence-corrected chi connectivity index (χ1v) is 5.44. The highest BCUT2D eigenvalue weighted by molar-refractivity contribution is 5.32. The number of rotatable bonds is 3. The van der Waals surface area contributed by atoms with Gasteiger partial charge in [0.15, 0.2) is 0 Å². The zero-order chi connectivity index (χ0) is 10.7. The number of nitrogens with zero attached hydrogens (tertiary/aromatic N) is 3. The van der Waals surface area contributed by atoms with E-state index in [1.165, 1.54) is 0 Å². The van der Waals surface area contributed by atoms with Crippen molar-refractivity contribution in [1.29, 1.82) is 0 Å². The number of nitrogens with two attached hydrogens (primary N) is 1. The fourth-order valence-corrected chi connectivity index (χ4v) is 1.97. The normalized spacial score (nSPS) is 18.1. The first kappa shape index (κ1) is 10.2. The molecule has 1 aliphatic rings. The van der Waals surface area contributed by atoms with Crippen LogP contribution in [0.15, 0.2) is 25.0 Å². The van der Waals surface area contributed by atoms with E-state index in [0.717, 1.165) is 38.4 Å². The third-order valence-electron chi connectivity index (χ3n) is 2.84. The molecule has 0 saturated carbocycles. The van der Waals surface area contributed by atoms with Gasteiger partial charge in [-0.1, -0.05) is 6.08 Å². The maximum absolute atomic E-state index is 5.88. The van der Waals surface area contributed by atoms with Gasteiger partial charge in [0.2, 0.25) is 5.95 Å². The summed E-state index contributed by atoms with van der Waals surface area (Å²) < 4.78 is 2.11. The highest BCUT2D eigenvalue weighted by Gasteiger charge is 2.19. The van der Waals surface area contributed by atoms with Crippen molar-refractivity contribution in [2.24, 2.45) is 5.73 Å². The largest absolute Gasteiger partial charge is 0.342 e. The lowest BCUT2D eigenvalue weighted by Crippen LogP contribution is -2.40. The van der Waals surface area contributed by atoms with Crippen LogP contribution in [-0.2, 0) is 6.54 Å². The molecular formula is C11H18N4. The molecule has 1 fully saturated rings. The second-order valence-electron chi connectivity index (χ2n) is 3.99. The molecule has 4 nitrogen and oxygen atoms in total. The average molecular weight is 206 g/mol. The topological polar surface area (TPSA) is 47.1 Å². The van der Waals surface area contributed by atoms with Crippen molar-refractivity contribution in [1.82, 2.24) is 9.55 Å². The summed E-state index contributed by atoms with van der Waals surface area (Å²) in [7, 11) is 0. The van der Waals surface area contributed by atoms with Crippen molar-refractivity contribution >= 4 is 5.95 Å². The highest BCUT2D eigenvalue weighted by atomic mass is 15.3. The van der Waals surface area contributed by atoms with Crippen LogP contribution >= 0.6 is 0 Å². The molecule has 0 atom stereocenters. The summed E-state index contributed by atoms with van der Waals surface area (Å²) in [6.07, 6.45) is 7.83. The smallest absolute Gasteiger partial charge is 0.205 e. The second kappa shape index (κ2) is 4.49. The summed E-state index contributed by atoms with van der Waals surface area (Å²) in [6.45, 7) is 6.58. The van der Waals surface area contributed by atoms with Gasteiger partial charge < -0.3 is 15.2 Å². The van der Waals surface area contributed by atoms with Crippen LogP contribution in [0, 0.1) is 0 Å². The van der Waals surface area contributed by atoms with Crippen molar-refractivity contribution in [3.63, 3.8) is 0 Å². The molecule has 4 heteroatoms. The summed E-state index contributed by atoms with van der Waals surface area (Å²) >= 11 is 0.